The molecule has 2 aliphatic rings. The number of anilines is 2. The van der Waals surface area contributed by atoms with Crippen LogP contribution in [0.4, 0.5) is 11.6 Å². The van der Waals surface area contributed by atoms with Gasteiger partial charge in [-0.25, -0.2) is 4.98 Å². The number of rotatable bonds is 4. The predicted molar refractivity (Wildman–Crippen MR) is 110 cm³/mol. The van der Waals surface area contributed by atoms with Gasteiger partial charge in [-0.2, -0.15) is 5.26 Å². The number of nitrogens with zero attached hydrogens (tertiary/aromatic N) is 4. The van der Waals surface area contributed by atoms with E-state index < -0.39 is 0 Å². The van der Waals surface area contributed by atoms with Crippen molar-refractivity contribution in [3.8, 4) is 6.07 Å². The number of nitriles is 1. The van der Waals surface area contributed by atoms with Crippen molar-refractivity contribution >= 4 is 11.6 Å². The van der Waals surface area contributed by atoms with Crippen LogP contribution in [-0.2, 0) is 6.42 Å². The first-order chi connectivity index (χ1) is 13.7. The molecule has 7 nitrogen and oxygen atoms in total. The molecule has 2 aromatic rings. The highest BCUT2D eigenvalue weighted by Gasteiger charge is 2.25. The lowest BCUT2D eigenvalue weighted by Gasteiger charge is -2.32. The van der Waals surface area contributed by atoms with Crippen LogP contribution in [0.25, 0.3) is 0 Å². The predicted octanol–water partition coefficient (Wildman–Crippen LogP) is 1.76. The molecule has 2 aliphatic heterocycles. The smallest absolute Gasteiger partial charge is 0.276 e. The van der Waals surface area contributed by atoms with Crippen molar-refractivity contribution in [1.82, 2.24) is 9.97 Å². The van der Waals surface area contributed by atoms with Gasteiger partial charge in [-0.1, -0.05) is 18.2 Å². The van der Waals surface area contributed by atoms with Gasteiger partial charge in [-0.15, -0.1) is 0 Å². The second-order valence-corrected chi connectivity index (χ2v) is 7.67. The van der Waals surface area contributed by atoms with E-state index in [1.165, 1.54) is 0 Å². The van der Waals surface area contributed by atoms with Crippen LogP contribution in [0.3, 0.4) is 0 Å². The number of hydrogen-bond donors (Lipinski definition) is 2. The largest absolute Gasteiger partial charge is 0.366 e. The Labute approximate surface area is 164 Å². The van der Waals surface area contributed by atoms with Gasteiger partial charge in [0.05, 0.1) is 17.3 Å². The van der Waals surface area contributed by atoms with Crippen molar-refractivity contribution in [2.75, 3.05) is 36.0 Å². The van der Waals surface area contributed by atoms with E-state index in [1.54, 1.807) is 0 Å². The number of H-pyrrole nitrogens is 1. The first-order valence-corrected chi connectivity index (χ1v) is 10.0. The monoisotopic (exact) mass is 378 g/mol. The lowest BCUT2D eigenvalue weighted by molar-refractivity contribution is 0.499. The van der Waals surface area contributed by atoms with Crippen LogP contribution in [0.1, 0.15) is 42.5 Å². The summed E-state index contributed by atoms with van der Waals surface area (Å²) in [5, 5.41) is 9.45. The minimum atomic E-state index is -0.101. The third-order valence-corrected chi connectivity index (χ3v) is 5.63. The maximum Gasteiger partial charge on any atom is 0.276 e. The zero-order valence-corrected chi connectivity index (χ0v) is 16.0. The molecular weight excluding hydrogens is 352 g/mol. The summed E-state index contributed by atoms with van der Waals surface area (Å²) in [4.78, 5) is 25.1. The molecule has 1 aromatic carbocycles. The summed E-state index contributed by atoms with van der Waals surface area (Å²) in [7, 11) is 0. The maximum atomic E-state index is 13.1. The highest BCUT2D eigenvalue weighted by Crippen LogP contribution is 2.25. The Bertz CT molecular complexity index is 941. The van der Waals surface area contributed by atoms with Gasteiger partial charge in [0.1, 0.15) is 5.69 Å². The Hall–Kier alpha value is -2.85. The molecule has 146 valence electrons. The zero-order valence-electron chi connectivity index (χ0n) is 16.0. The van der Waals surface area contributed by atoms with Gasteiger partial charge >= 0.3 is 0 Å². The van der Waals surface area contributed by atoms with Crippen molar-refractivity contribution in [2.24, 2.45) is 5.73 Å². The SMILES string of the molecule is N#Cc1ccccc1Cc1nc(N2CCC[C@@H](N)C2)[nH]c(=O)c1N1CCCC1. The van der Waals surface area contributed by atoms with Crippen molar-refractivity contribution in [3.63, 3.8) is 0 Å². The van der Waals surface area contributed by atoms with E-state index in [9.17, 15) is 10.1 Å². The molecule has 1 aromatic heterocycles. The van der Waals surface area contributed by atoms with E-state index in [0.29, 0.717) is 30.2 Å². The molecule has 28 heavy (non-hydrogen) atoms. The Morgan fingerprint density at radius 2 is 1.93 bits per heavy atom. The molecular formula is C21H26N6O. The van der Waals surface area contributed by atoms with Gasteiger partial charge < -0.3 is 15.5 Å². The van der Waals surface area contributed by atoms with Gasteiger partial charge in [0.25, 0.3) is 5.56 Å². The molecule has 0 spiro atoms. The molecule has 2 fully saturated rings. The summed E-state index contributed by atoms with van der Waals surface area (Å²) >= 11 is 0. The van der Waals surface area contributed by atoms with Crippen molar-refractivity contribution in [3.05, 3.63) is 51.4 Å². The minimum Gasteiger partial charge on any atom is -0.366 e. The van der Waals surface area contributed by atoms with Crippen molar-refractivity contribution < 1.29 is 0 Å². The van der Waals surface area contributed by atoms with Gasteiger partial charge in [0, 0.05) is 38.6 Å². The van der Waals surface area contributed by atoms with Gasteiger partial charge in [-0.3, -0.25) is 9.78 Å². The van der Waals surface area contributed by atoms with E-state index in [0.717, 1.165) is 56.6 Å². The number of benzene rings is 1. The quantitative estimate of drug-likeness (QED) is 0.840. The van der Waals surface area contributed by atoms with Crippen molar-refractivity contribution in [2.45, 2.75) is 38.1 Å². The summed E-state index contributed by atoms with van der Waals surface area (Å²) in [6.45, 7) is 3.27. The number of nitrogens with one attached hydrogen (secondary N) is 1. The van der Waals surface area contributed by atoms with Crippen LogP contribution >= 0.6 is 0 Å². The number of piperidine rings is 1. The van der Waals surface area contributed by atoms with E-state index >= 15 is 0 Å². The second kappa shape index (κ2) is 8.03. The summed E-state index contributed by atoms with van der Waals surface area (Å²) in [5.74, 6) is 0.590. The lowest BCUT2D eigenvalue weighted by atomic mass is 10.0. The summed E-state index contributed by atoms with van der Waals surface area (Å²) < 4.78 is 0. The van der Waals surface area contributed by atoms with Crippen LogP contribution in [0.5, 0.6) is 0 Å². The Morgan fingerprint density at radius 3 is 2.68 bits per heavy atom. The highest BCUT2D eigenvalue weighted by molar-refractivity contribution is 5.55. The average molecular weight is 378 g/mol. The summed E-state index contributed by atoms with van der Waals surface area (Å²) in [6.07, 6.45) is 4.61. The summed E-state index contributed by atoms with van der Waals surface area (Å²) in [6, 6.07) is 9.87. The van der Waals surface area contributed by atoms with Crippen LogP contribution < -0.4 is 21.1 Å². The summed E-state index contributed by atoms with van der Waals surface area (Å²) in [5.41, 5.74) is 8.93. The van der Waals surface area contributed by atoms with E-state index in [4.69, 9.17) is 10.7 Å². The number of nitrogens with two attached hydrogens (primary N) is 1. The molecule has 0 saturated carbocycles. The maximum absolute atomic E-state index is 13.1. The topological polar surface area (TPSA) is 102 Å². The van der Waals surface area contributed by atoms with E-state index in [2.05, 4.69) is 20.9 Å². The molecule has 0 bridgehead atoms. The highest BCUT2D eigenvalue weighted by atomic mass is 16.1. The molecule has 3 N–H and O–H groups in total. The molecule has 4 rings (SSSR count). The lowest BCUT2D eigenvalue weighted by Crippen LogP contribution is -2.44. The van der Waals surface area contributed by atoms with Crippen LogP contribution in [-0.4, -0.2) is 42.2 Å². The first kappa shape index (κ1) is 18.5. The Kier molecular flexibility index (Phi) is 5.31. The molecule has 7 heteroatoms. The van der Waals surface area contributed by atoms with Gasteiger partial charge in [0.2, 0.25) is 5.95 Å². The second-order valence-electron chi connectivity index (χ2n) is 7.67. The molecule has 3 heterocycles. The fourth-order valence-electron chi connectivity index (χ4n) is 4.21. The van der Waals surface area contributed by atoms with Gasteiger partial charge in [0.15, 0.2) is 0 Å². The number of aromatic nitrogens is 2. The normalized spacial score (nSPS) is 19.6. The molecule has 0 amide bonds. The minimum absolute atomic E-state index is 0.0973. The molecule has 0 radical (unpaired) electrons. The van der Waals surface area contributed by atoms with Crippen LogP contribution in [0.15, 0.2) is 29.1 Å². The third-order valence-electron chi connectivity index (χ3n) is 5.63. The average Bonchev–Trinajstić information content (AvgIpc) is 3.22. The third kappa shape index (κ3) is 3.73. The van der Waals surface area contributed by atoms with Crippen molar-refractivity contribution in [1.29, 1.82) is 5.26 Å². The van der Waals surface area contributed by atoms with Crippen LogP contribution in [0, 0.1) is 11.3 Å². The van der Waals surface area contributed by atoms with Gasteiger partial charge in [-0.05, 0) is 37.3 Å². The standard InChI is InChI=1S/C21H26N6O/c22-13-16-7-2-1-6-15(16)12-18-19(26-9-3-4-10-26)20(28)25-21(24-18)27-11-5-8-17(23)14-27/h1-2,6-7,17H,3-5,8-12,14,23H2,(H,24,25,28)/t17-/m1/s1. The molecule has 0 aliphatic carbocycles. The molecule has 0 unspecified atom stereocenters. The Morgan fingerprint density at radius 1 is 1.18 bits per heavy atom. The zero-order chi connectivity index (χ0) is 19.5. The molecule has 2 saturated heterocycles. The number of hydrogen-bond acceptors (Lipinski definition) is 6. The van der Waals surface area contributed by atoms with E-state index in [-0.39, 0.29) is 11.6 Å². The van der Waals surface area contributed by atoms with E-state index in [1.807, 2.05) is 24.3 Å². The first-order valence-electron chi connectivity index (χ1n) is 10.0. The molecule has 1 atom stereocenters. The fourth-order valence-corrected chi connectivity index (χ4v) is 4.21. The fraction of sp³-hybridized carbons (Fsp3) is 0.476. The van der Waals surface area contributed by atoms with Crippen LogP contribution in [0.2, 0.25) is 0 Å². The number of aromatic amines is 1. The Balaban J connectivity index is 1.76.